The maximum Gasteiger partial charge on any atom is 0.251 e. The molecule has 1 amide bonds. The minimum Gasteiger partial charge on any atom is -0.468 e. The highest BCUT2D eigenvalue weighted by atomic mass is 19.1. The Kier molecular flexibility index (Phi) is 6.84. The van der Waals surface area contributed by atoms with Gasteiger partial charge in [-0.05, 0) is 59.5 Å². The van der Waals surface area contributed by atoms with Crippen molar-refractivity contribution in [1.82, 2.24) is 10.2 Å². The Morgan fingerprint density at radius 3 is 2.24 bits per heavy atom. The predicted molar refractivity (Wildman–Crippen MR) is 129 cm³/mol. The fourth-order valence-corrected chi connectivity index (χ4v) is 4.25. The summed E-state index contributed by atoms with van der Waals surface area (Å²) in [4.78, 5) is 17.4. The third kappa shape index (κ3) is 5.63. The second kappa shape index (κ2) is 9.79. The van der Waals surface area contributed by atoms with Gasteiger partial charge >= 0.3 is 0 Å². The fourth-order valence-electron chi connectivity index (χ4n) is 4.25. The highest BCUT2D eigenvalue weighted by Crippen LogP contribution is 2.25. The van der Waals surface area contributed by atoms with Gasteiger partial charge in [-0.3, -0.25) is 9.69 Å². The van der Waals surface area contributed by atoms with Gasteiger partial charge in [-0.2, -0.15) is 0 Å². The molecule has 1 aliphatic heterocycles. The van der Waals surface area contributed by atoms with Gasteiger partial charge in [-0.15, -0.1) is 0 Å². The number of anilines is 1. The van der Waals surface area contributed by atoms with Crippen molar-refractivity contribution >= 4 is 11.6 Å². The molecule has 33 heavy (non-hydrogen) atoms. The van der Waals surface area contributed by atoms with Crippen LogP contribution >= 0.6 is 0 Å². The van der Waals surface area contributed by atoms with E-state index in [-0.39, 0.29) is 23.2 Å². The van der Waals surface area contributed by atoms with Gasteiger partial charge in [0.1, 0.15) is 11.6 Å². The first kappa shape index (κ1) is 23.1. The lowest BCUT2D eigenvalue weighted by Gasteiger charge is -2.39. The molecule has 1 N–H and O–H groups in total. The number of halogens is 1. The van der Waals surface area contributed by atoms with Gasteiger partial charge in [0.25, 0.3) is 5.91 Å². The van der Waals surface area contributed by atoms with Gasteiger partial charge in [0.05, 0.1) is 12.3 Å². The molecular formula is C27H32FN3O2. The molecule has 0 radical (unpaired) electrons. The van der Waals surface area contributed by atoms with Gasteiger partial charge in [-0.1, -0.05) is 32.9 Å². The van der Waals surface area contributed by atoms with Crippen molar-refractivity contribution in [2.24, 2.45) is 0 Å². The van der Waals surface area contributed by atoms with E-state index >= 15 is 0 Å². The number of furan rings is 1. The number of piperazine rings is 1. The van der Waals surface area contributed by atoms with Crippen molar-refractivity contribution in [2.45, 2.75) is 32.2 Å². The smallest absolute Gasteiger partial charge is 0.251 e. The molecule has 4 rings (SSSR count). The number of hydrogen-bond acceptors (Lipinski definition) is 4. The maximum absolute atomic E-state index is 13.3. The van der Waals surface area contributed by atoms with E-state index in [1.54, 1.807) is 6.26 Å². The molecule has 1 atom stereocenters. The quantitative estimate of drug-likeness (QED) is 0.575. The Hall–Kier alpha value is -3.12. The molecule has 3 aromatic rings. The van der Waals surface area contributed by atoms with Crippen molar-refractivity contribution in [2.75, 3.05) is 37.6 Å². The van der Waals surface area contributed by atoms with Crippen LogP contribution in [0.4, 0.5) is 10.1 Å². The van der Waals surface area contributed by atoms with E-state index in [1.807, 2.05) is 48.5 Å². The van der Waals surface area contributed by atoms with Gasteiger partial charge < -0.3 is 14.6 Å². The molecule has 1 aliphatic rings. The van der Waals surface area contributed by atoms with Crippen molar-refractivity contribution in [1.29, 1.82) is 0 Å². The van der Waals surface area contributed by atoms with Crippen LogP contribution in [0.15, 0.2) is 71.3 Å². The van der Waals surface area contributed by atoms with E-state index in [0.29, 0.717) is 12.1 Å². The SMILES string of the molecule is CC(C)(C)c1ccc(C(=O)NCC(c2ccco2)N2CCN(c3ccc(F)cc3)CC2)cc1. The van der Waals surface area contributed by atoms with Crippen molar-refractivity contribution in [3.05, 3.63) is 89.6 Å². The first-order chi connectivity index (χ1) is 15.8. The van der Waals surface area contributed by atoms with Crippen LogP contribution in [0, 0.1) is 5.82 Å². The summed E-state index contributed by atoms with van der Waals surface area (Å²) in [7, 11) is 0. The molecule has 174 valence electrons. The Morgan fingerprint density at radius 2 is 1.67 bits per heavy atom. The van der Waals surface area contributed by atoms with E-state index in [0.717, 1.165) is 37.6 Å². The topological polar surface area (TPSA) is 48.7 Å². The zero-order valence-electron chi connectivity index (χ0n) is 19.6. The normalized spacial score (nSPS) is 15.9. The Bertz CT molecular complexity index is 1030. The number of nitrogens with one attached hydrogen (secondary N) is 1. The number of benzene rings is 2. The maximum atomic E-state index is 13.3. The first-order valence-corrected chi connectivity index (χ1v) is 11.5. The van der Waals surface area contributed by atoms with Crippen LogP contribution in [-0.4, -0.2) is 43.5 Å². The molecule has 6 heteroatoms. The highest BCUT2D eigenvalue weighted by molar-refractivity contribution is 5.94. The molecule has 2 aromatic carbocycles. The lowest BCUT2D eigenvalue weighted by atomic mass is 9.87. The van der Waals surface area contributed by atoms with Crippen LogP contribution in [0.1, 0.15) is 48.5 Å². The number of nitrogens with zero attached hydrogens (tertiary/aromatic N) is 2. The van der Waals surface area contributed by atoms with E-state index in [1.165, 1.54) is 17.7 Å². The Labute approximate surface area is 195 Å². The monoisotopic (exact) mass is 449 g/mol. The van der Waals surface area contributed by atoms with Gasteiger partial charge in [0.15, 0.2) is 0 Å². The molecular weight excluding hydrogens is 417 g/mol. The number of rotatable bonds is 6. The summed E-state index contributed by atoms with van der Waals surface area (Å²) < 4.78 is 19.0. The molecule has 0 spiro atoms. The zero-order chi connectivity index (χ0) is 23.4. The summed E-state index contributed by atoms with van der Waals surface area (Å²) >= 11 is 0. The third-order valence-electron chi connectivity index (χ3n) is 6.29. The molecule has 1 aromatic heterocycles. The van der Waals surface area contributed by atoms with Crippen LogP contribution in [0.5, 0.6) is 0 Å². The lowest BCUT2D eigenvalue weighted by Crippen LogP contribution is -2.49. The largest absolute Gasteiger partial charge is 0.468 e. The molecule has 1 unspecified atom stereocenters. The number of amides is 1. The number of carbonyl (C=O) groups excluding carboxylic acids is 1. The summed E-state index contributed by atoms with van der Waals surface area (Å²) in [5.74, 6) is 0.532. The van der Waals surface area contributed by atoms with Crippen LogP contribution in [0.2, 0.25) is 0 Å². The van der Waals surface area contributed by atoms with Gasteiger partial charge in [-0.25, -0.2) is 4.39 Å². The fraction of sp³-hybridized carbons (Fsp3) is 0.370. The van der Waals surface area contributed by atoms with Gasteiger partial charge in [0, 0.05) is 44.0 Å². The summed E-state index contributed by atoms with van der Waals surface area (Å²) in [5, 5.41) is 3.10. The van der Waals surface area contributed by atoms with Crippen molar-refractivity contribution < 1.29 is 13.6 Å². The van der Waals surface area contributed by atoms with E-state index in [2.05, 4.69) is 35.9 Å². The average molecular weight is 450 g/mol. The molecule has 5 nitrogen and oxygen atoms in total. The number of hydrogen-bond donors (Lipinski definition) is 1. The second-order valence-electron chi connectivity index (χ2n) is 9.57. The Balaban J connectivity index is 1.39. The van der Waals surface area contributed by atoms with E-state index in [9.17, 15) is 9.18 Å². The minimum absolute atomic E-state index is 0.0480. The average Bonchev–Trinajstić information content (AvgIpc) is 3.34. The van der Waals surface area contributed by atoms with Crippen molar-refractivity contribution in [3.8, 4) is 0 Å². The molecule has 2 heterocycles. The van der Waals surface area contributed by atoms with Gasteiger partial charge in [0.2, 0.25) is 0 Å². The first-order valence-electron chi connectivity index (χ1n) is 11.5. The summed E-state index contributed by atoms with van der Waals surface area (Å²) in [6, 6.07) is 18.2. The molecule has 0 saturated carbocycles. The summed E-state index contributed by atoms with van der Waals surface area (Å²) in [6.07, 6.45) is 1.67. The molecule has 1 fully saturated rings. The predicted octanol–water partition coefficient (Wildman–Crippen LogP) is 5.01. The Morgan fingerprint density at radius 1 is 1.00 bits per heavy atom. The minimum atomic E-state index is -0.223. The number of carbonyl (C=O) groups is 1. The molecule has 1 saturated heterocycles. The molecule has 0 aliphatic carbocycles. The van der Waals surface area contributed by atoms with Crippen LogP contribution in [0.25, 0.3) is 0 Å². The van der Waals surface area contributed by atoms with E-state index in [4.69, 9.17) is 4.42 Å². The summed E-state index contributed by atoms with van der Waals surface area (Å²) in [5.41, 5.74) is 2.93. The molecule has 0 bridgehead atoms. The van der Waals surface area contributed by atoms with Crippen LogP contribution in [-0.2, 0) is 5.41 Å². The second-order valence-corrected chi connectivity index (χ2v) is 9.57. The highest BCUT2D eigenvalue weighted by Gasteiger charge is 2.27. The van der Waals surface area contributed by atoms with E-state index < -0.39 is 0 Å². The van der Waals surface area contributed by atoms with Crippen LogP contribution < -0.4 is 10.2 Å². The standard InChI is InChI=1S/C27H32FN3O2/c1-27(2,3)21-8-6-20(7-9-21)26(32)29-19-24(25-5-4-18-33-25)31-16-14-30(15-17-31)23-12-10-22(28)11-13-23/h4-13,18,24H,14-17,19H2,1-3H3,(H,29,32). The lowest BCUT2D eigenvalue weighted by molar-refractivity contribution is 0.0922. The van der Waals surface area contributed by atoms with Crippen LogP contribution in [0.3, 0.4) is 0 Å². The van der Waals surface area contributed by atoms with Crippen molar-refractivity contribution in [3.63, 3.8) is 0 Å². The summed E-state index contributed by atoms with van der Waals surface area (Å²) in [6.45, 7) is 10.2. The third-order valence-corrected chi connectivity index (χ3v) is 6.29. The zero-order valence-corrected chi connectivity index (χ0v) is 19.6.